The van der Waals surface area contributed by atoms with E-state index in [2.05, 4.69) is 21.7 Å². The first-order valence-electron chi connectivity index (χ1n) is 11.1. The van der Waals surface area contributed by atoms with Crippen molar-refractivity contribution >= 4 is 45.0 Å². The maximum atomic E-state index is 13.0. The van der Waals surface area contributed by atoms with Crippen molar-refractivity contribution in [3.05, 3.63) is 46.4 Å². The third-order valence-electron chi connectivity index (χ3n) is 6.42. The van der Waals surface area contributed by atoms with E-state index in [1.165, 1.54) is 11.3 Å². The van der Waals surface area contributed by atoms with Gasteiger partial charge in [-0.2, -0.15) is 5.26 Å². The summed E-state index contributed by atoms with van der Waals surface area (Å²) in [5.41, 5.74) is 2.08. The van der Waals surface area contributed by atoms with E-state index in [4.69, 9.17) is 16.3 Å². The summed E-state index contributed by atoms with van der Waals surface area (Å²) in [5.74, 6) is -0.645. The lowest BCUT2D eigenvalue weighted by Gasteiger charge is -2.42. The van der Waals surface area contributed by atoms with E-state index in [9.17, 15) is 20.0 Å². The molecule has 2 aliphatic heterocycles. The number of piperidine rings is 1. The average molecular weight is 512 g/mol. The molecule has 2 fully saturated rings. The number of fused-ring (bicyclic) bond motifs is 2. The van der Waals surface area contributed by atoms with Crippen molar-refractivity contribution in [1.82, 2.24) is 20.5 Å². The number of carbonyl (C=O) groups is 2. The fourth-order valence-electron chi connectivity index (χ4n) is 4.63. The van der Waals surface area contributed by atoms with Crippen molar-refractivity contribution < 1.29 is 19.4 Å². The summed E-state index contributed by atoms with van der Waals surface area (Å²) >= 11 is 7.59. The Bertz CT molecular complexity index is 1340. The van der Waals surface area contributed by atoms with Crippen LogP contribution in [0, 0.1) is 17.2 Å². The van der Waals surface area contributed by atoms with Gasteiger partial charge in [0.15, 0.2) is 0 Å². The lowest BCUT2D eigenvalue weighted by atomic mass is 9.86. The summed E-state index contributed by atoms with van der Waals surface area (Å²) < 4.78 is 6.83. The lowest BCUT2D eigenvalue weighted by Crippen LogP contribution is -2.64. The number of nitriles is 1. The standard InChI is InChI=1S/C24H22ClN5O4S/c25-13-1-2-20(16(7-13)15-3-4-27-21-18(24(32)33)11-35-22(15)21)34-6-5-30-12-29-19-10-28-14(9-26)8-17(19)23(30)31/h1-4,7,11,14,17,19,28-29H,5-6,8,10,12H2,(H,32,33). The highest BCUT2D eigenvalue weighted by Gasteiger charge is 2.40. The number of carbonyl (C=O) groups excluding carboxylic acids is 1. The first-order chi connectivity index (χ1) is 17.0. The van der Waals surface area contributed by atoms with Crippen molar-refractivity contribution in [2.75, 3.05) is 26.4 Å². The monoisotopic (exact) mass is 511 g/mol. The summed E-state index contributed by atoms with van der Waals surface area (Å²) in [6.45, 7) is 1.67. The van der Waals surface area contributed by atoms with Crippen LogP contribution in [0.15, 0.2) is 35.8 Å². The predicted molar refractivity (Wildman–Crippen MR) is 132 cm³/mol. The number of aromatic carboxylic acids is 1. The van der Waals surface area contributed by atoms with E-state index in [0.717, 1.165) is 15.8 Å². The number of aromatic nitrogens is 1. The molecule has 3 atom stereocenters. The predicted octanol–water partition coefficient (Wildman–Crippen LogP) is 2.95. The highest BCUT2D eigenvalue weighted by atomic mass is 35.5. The minimum absolute atomic E-state index is 0.0303. The van der Waals surface area contributed by atoms with E-state index >= 15 is 0 Å². The number of nitrogens with one attached hydrogen (secondary N) is 2. The maximum Gasteiger partial charge on any atom is 0.338 e. The van der Waals surface area contributed by atoms with E-state index in [-0.39, 0.29) is 36.1 Å². The molecule has 3 aromatic rings. The number of carboxylic acids is 1. The van der Waals surface area contributed by atoms with Crippen LogP contribution in [-0.4, -0.2) is 65.3 Å². The molecule has 1 amide bonds. The number of nitrogens with zero attached hydrogens (tertiary/aromatic N) is 3. The third-order valence-corrected chi connectivity index (χ3v) is 7.66. The minimum Gasteiger partial charge on any atom is -0.491 e. The Balaban J connectivity index is 1.33. The second kappa shape index (κ2) is 9.79. The Hall–Kier alpha value is -3.23. The van der Waals surface area contributed by atoms with Gasteiger partial charge in [0.1, 0.15) is 12.4 Å². The van der Waals surface area contributed by atoms with Crippen LogP contribution in [-0.2, 0) is 4.79 Å². The van der Waals surface area contributed by atoms with E-state index in [1.807, 2.05) is 6.07 Å². The summed E-state index contributed by atoms with van der Waals surface area (Å²) in [6, 6.07) is 9.00. The zero-order valence-corrected chi connectivity index (χ0v) is 20.1. The molecule has 3 N–H and O–H groups in total. The van der Waals surface area contributed by atoms with Gasteiger partial charge in [-0.15, -0.1) is 11.3 Å². The summed E-state index contributed by atoms with van der Waals surface area (Å²) in [4.78, 5) is 30.6. The van der Waals surface area contributed by atoms with Crippen LogP contribution in [0.1, 0.15) is 16.8 Å². The molecule has 2 aliphatic rings. The van der Waals surface area contributed by atoms with Crippen LogP contribution in [0.5, 0.6) is 5.75 Å². The number of pyridine rings is 1. The number of ether oxygens (including phenoxy) is 1. The Kier molecular flexibility index (Phi) is 6.58. The second-order valence-electron chi connectivity index (χ2n) is 8.48. The highest BCUT2D eigenvalue weighted by Crippen LogP contribution is 2.39. The number of benzene rings is 1. The van der Waals surface area contributed by atoms with Crippen LogP contribution >= 0.6 is 22.9 Å². The number of amides is 1. The highest BCUT2D eigenvalue weighted by molar-refractivity contribution is 7.18. The van der Waals surface area contributed by atoms with E-state index in [0.29, 0.717) is 42.5 Å². The van der Waals surface area contributed by atoms with Gasteiger partial charge in [0.25, 0.3) is 0 Å². The molecule has 2 aromatic heterocycles. The molecule has 5 rings (SSSR count). The Morgan fingerprint density at radius 1 is 1.34 bits per heavy atom. The first kappa shape index (κ1) is 23.5. The molecular weight excluding hydrogens is 490 g/mol. The quantitative estimate of drug-likeness (QED) is 0.461. The Labute approximate surface area is 210 Å². The van der Waals surface area contributed by atoms with Crippen molar-refractivity contribution in [2.24, 2.45) is 5.92 Å². The topological polar surface area (TPSA) is 128 Å². The van der Waals surface area contributed by atoms with Gasteiger partial charge in [-0.25, -0.2) is 4.79 Å². The SMILES string of the molecule is N#CC1CC2C(=O)N(CCOc3ccc(Cl)cc3-c3ccnc4c(C(=O)O)csc34)CNC2CN1. The van der Waals surface area contributed by atoms with Crippen molar-refractivity contribution in [1.29, 1.82) is 5.26 Å². The zero-order valence-electron chi connectivity index (χ0n) is 18.5. The largest absolute Gasteiger partial charge is 0.491 e. The molecule has 11 heteroatoms. The lowest BCUT2D eigenvalue weighted by molar-refractivity contribution is -0.142. The normalized spacial score (nSPS) is 22.0. The zero-order chi connectivity index (χ0) is 24.5. The Morgan fingerprint density at radius 2 is 2.20 bits per heavy atom. The molecule has 4 heterocycles. The summed E-state index contributed by atoms with van der Waals surface area (Å²) in [5, 5.41) is 27.3. The van der Waals surface area contributed by atoms with Crippen LogP contribution < -0.4 is 15.4 Å². The van der Waals surface area contributed by atoms with Crippen molar-refractivity contribution in [3.8, 4) is 22.9 Å². The molecule has 180 valence electrons. The molecule has 2 saturated heterocycles. The van der Waals surface area contributed by atoms with Crippen LogP contribution in [0.3, 0.4) is 0 Å². The Morgan fingerprint density at radius 3 is 3.00 bits per heavy atom. The number of carboxylic acid groups (broad SMARTS) is 1. The van der Waals surface area contributed by atoms with Crippen LogP contribution in [0.4, 0.5) is 0 Å². The van der Waals surface area contributed by atoms with Crippen LogP contribution in [0.25, 0.3) is 21.3 Å². The minimum atomic E-state index is -1.03. The van der Waals surface area contributed by atoms with Gasteiger partial charge in [0, 0.05) is 40.3 Å². The smallest absolute Gasteiger partial charge is 0.338 e. The van der Waals surface area contributed by atoms with Gasteiger partial charge in [0.05, 0.1) is 47.0 Å². The number of rotatable bonds is 6. The van der Waals surface area contributed by atoms with Crippen LogP contribution in [0.2, 0.25) is 5.02 Å². The van der Waals surface area contributed by atoms with Crippen molar-refractivity contribution in [2.45, 2.75) is 18.5 Å². The number of hydrogen-bond donors (Lipinski definition) is 3. The molecule has 9 nitrogen and oxygen atoms in total. The number of halogens is 1. The molecule has 1 aromatic carbocycles. The molecule has 0 radical (unpaired) electrons. The van der Waals surface area contributed by atoms with Crippen molar-refractivity contribution in [3.63, 3.8) is 0 Å². The van der Waals surface area contributed by atoms with Gasteiger partial charge >= 0.3 is 5.97 Å². The first-order valence-corrected chi connectivity index (χ1v) is 12.4. The van der Waals surface area contributed by atoms with E-state index in [1.54, 1.807) is 34.7 Å². The fraction of sp³-hybridized carbons (Fsp3) is 0.333. The average Bonchev–Trinajstić information content (AvgIpc) is 3.31. The molecular formula is C24H22ClN5O4S. The molecule has 0 bridgehead atoms. The summed E-state index contributed by atoms with van der Waals surface area (Å²) in [6.07, 6.45) is 2.06. The molecule has 35 heavy (non-hydrogen) atoms. The van der Waals surface area contributed by atoms with Gasteiger partial charge in [0.2, 0.25) is 5.91 Å². The molecule has 0 saturated carbocycles. The fourth-order valence-corrected chi connectivity index (χ4v) is 5.83. The number of hydrogen-bond acceptors (Lipinski definition) is 8. The van der Waals surface area contributed by atoms with Gasteiger partial charge < -0.3 is 20.1 Å². The maximum absolute atomic E-state index is 13.0. The second-order valence-corrected chi connectivity index (χ2v) is 9.80. The van der Waals surface area contributed by atoms with Gasteiger partial charge in [-0.05, 0) is 30.7 Å². The van der Waals surface area contributed by atoms with Gasteiger partial charge in [-0.3, -0.25) is 15.1 Å². The molecule has 0 aliphatic carbocycles. The third kappa shape index (κ3) is 4.56. The number of thiophene rings is 1. The van der Waals surface area contributed by atoms with E-state index < -0.39 is 5.97 Å². The molecule has 3 unspecified atom stereocenters. The summed E-state index contributed by atoms with van der Waals surface area (Å²) in [7, 11) is 0. The molecule has 0 spiro atoms. The van der Waals surface area contributed by atoms with Gasteiger partial charge in [-0.1, -0.05) is 11.6 Å².